The van der Waals surface area contributed by atoms with Crippen LogP contribution < -0.4 is 0 Å². The van der Waals surface area contributed by atoms with Gasteiger partial charge >= 0.3 is 6.97 Å². The maximum Gasteiger partial charge on any atom is 0.737 e. The maximum absolute atomic E-state index is 16.2. The van der Waals surface area contributed by atoms with Gasteiger partial charge in [-0.25, -0.2) is 0 Å². The molecule has 30 heavy (non-hydrogen) atoms. The number of hydrogen-bond donors (Lipinski definition) is 0. The van der Waals surface area contributed by atoms with Gasteiger partial charge < -0.3 is 17.6 Å². The van der Waals surface area contributed by atoms with E-state index in [1.54, 1.807) is 0 Å². The van der Waals surface area contributed by atoms with Crippen LogP contribution in [0, 0.1) is 13.8 Å². The Labute approximate surface area is 190 Å². The van der Waals surface area contributed by atoms with Crippen LogP contribution in [0.3, 0.4) is 0 Å². The number of halogens is 4. The lowest BCUT2D eigenvalue weighted by atomic mass is 9.83. The Morgan fingerprint density at radius 3 is 2.37 bits per heavy atom. The summed E-state index contributed by atoms with van der Waals surface area (Å²) in [6.45, 7) is 7.54. The van der Waals surface area contributed by atoms with Crippen molar-refractivity contribution in [2.24, 2.45) is 0 Å². The van der Waals surface area contributed by atoms with Crippen LogP contribution in [-0.2, 0) is 6.42 Å². The molecule has 1 aromatic carbocycles. The van der Waals surface area contributed by atoms with Crippen molar-refractivity contribution in [2.45, 2.75) is 54.4 Å². The summed E-state index contributed by atoms with van der Waals surface area (Å²) in [5.41, 5.74) is 7.77. The Balaban J connectivity index is 2.27. The molecule has 7 heteroatoms. The molecular weight excluding hydrogens is 468 g/mol. The minimum absolute atomic E-state index is 0.538. The van der Waals surface area contributed by atoms with Crippen LogP contribution in [-0.4, -0.2) is 21.6 Å². The van der Waals surface area contributed by atoms with Crippen molar-refractivity contribution in [3.8, 4) is 0 Å². The van der Waals surface area contributed by atoms with E-state index < -0.39 is 6.97 Å². The molecule has 1 aromatic heterocycles. The monoisotopic (exact) mass is 492 g/mol. The molecule has 0 atom stereocenters. The first-order chi connectivity index (χ1) is 14.1. The lowest BCUT2D eigenvalue weighted by molar-refractivity contribution is -0.363. The van der Waals surface area contributed by atoms with Crippen LogP contribution in [0.5, 0.6) is 0 Å². The van der Waals surface area contributed by atoms with Gasteiger partial charge in [-0.1, -0.05) is 37.6 Å². The van der Waals surface area contributed by atoms with Crippen molar-refractivity contribution >= 4 is 45.8 Å². The van der Waals surface area contributed by atoms with Gasteiger partial charge in [-0.15, -0.1) is 0 Å². The van der Waals surface area contributed by atoms with Crippen molar-refractivity contribution in [1.82, 2.24) is 4.48 Å². The third kappa shape index (κ3) is 2.62. The van der Waals surface area contributed by atoms with Crippen molar-refractivity contribution < 1.29 is 13.1 Å². The maximum atomic E-state index is 16.2. The van der Waals surface area contributed by atoms with E-state index in [4.69, 9.17) is 11.6 Å². The molecule has 0 saturated carbocycles. The van der Waals surface area contributed by atoms with Gasteiger partial charge in [0, 0.05) is 33.8 Å². The summed E-state index contributed by atoms with van der Waals surface area (Å²) in [6, 6.07) is 5.70. The summed E-state index contributed by atoms with van der Waals surface area (Å²) < 4.78 is 35.7. The van der Waals surface area contributed by atoms with Crippen molar-refractivity contribution in [3.63, 3.8) is 0 Å². The van der Waals surface area contributed by atoms with E-state index in [2.05, 4.69) is 15.9 Å². The second kappa shape index (κ2) is 7.20. The first kappa shape index (κ1) is 21.6. The summed E-state index contributed by atoms with van der Waals surface area (Å²) >= 11 is 10.2. The zero-order valence-corrected chi connectivity index (χ0v) is 20.5. The van der Waals surface area contributed by atoms with Gasteiger partial charge in [0.15, 0.2) is 5.70 Å². The summed E-state index contributed by atoms with van der Waals surface area (Å²) in [5.74, 6) is 0. The molecule has 0 bridgehead atoms. The summed E-state index contributed by atoms with van der Waals surface area (Å²) in [6.07, 6.45) is 1.41. The highest BCUT2D eigenvalue weighted by Gasteiger charge is 2.56. The summed E-state index contributed by atoms with van der Waals surface area (Å²) in [7, 11) is 0. The largest absolute Gasteiger partial charge is 0.737 e. The first-order valence-electron chi connectivity index (χ1n) is 10.3. The SMILES string of the molecule is CCC1=C(C)C2=C(c3cccc(Br)c3Cl)c3c(C)c(CC)c(C)n3[B-](F)(F)[N+]2=C1C. The van der Waals surface area contributed by atoms with Gasteiger partial charge in [0.25, 0.3) is 0 Å². The zero-order valence-electron chi connectivity index (χ0n) is 18.1. The Kier molecular flexibility index (Phi) is 5.18. The zero-order chi connectivity index (χ0) is 22.1. The van der Waals surface area contributed by atoms with Crippen LogP contribution in [0.1, 0.15) is 62.2 Å². The molecule has 0 saturated heterocycles. The first-order valence-corrected chi connectivity index (χ1v) is 11.5. The number of fused-ring (bicyclic) bond motifs is 2. The standard InChI is InChI=1S/C23H25BBrClF2N2/c1-7-16-12(3)22-20(18-10-9-11-19(25)21(18)26)23-13(4)17(8-2)15(6)30(23)24(27,28)29(22)14(16)5/h9-11H,7-8H2,1-6H3. The molecule has 0 amide bonds. The minimum Gasteiger partial charge on any atom is -0.393 e. The summed E-state index contributed by atoms with van der Waals surface area (Å²) in [5, 5.41) is 0.538. The quantitative estimate of drug-likeness (QED) is 0.397. The van der Waals surface area contributed by atoms with Gasteiger partial charge in [-0.05, 0) is 72.4 Å². The van der Waals surface area contributed by atoms with E-state index in [0.29, 0.717) is 40.7 Å². The van der Waals surface area contributed by atoms with Gasteiger partial charge in [0.05, 0.1) is 10.6 Å². The summed E-state index contributed by atoms with van der Waals surface area (Å²) in [4.78, 5) is 0. The lowest BCUT2D eigenvalue weighted by Crippen LogP contribution is -2.51. The molecule has 0 unspecified atom stereocenters. The van der Waals surface area contributed by atoms with Crippen LogP contribution >= 0.6 is 27.5 Å². The average molecular weight is 494 g/mol. The topological polar surface area (TPSA) is 7.94 Å². The predicted octanol–water partition coefficient (Wildman–Crippen LogP) is 7.29. The molecule has 0 fully saturated rings. The normalized spacial score (nSPS) is 17.8. The Morgan fingerprint density at radius 2 is 1.77 bits per heavy atom. The third-order valence-corrected chi connectivity index (χ3v) is 8.01. The van der Waals surface area contributed by atoms with Gasteiger partial charge in [-0.3, -0.25) is 0 Å². The molecule has 2 aliphatic rings. The van der Waals surface area contributed by atoms with E-state index in [1.807, 2.05) is 59.7 Å². The number of nitrogens with zero attached hydrogens (tertiary/aromatic N) is 2. The Morgan fingerprint density at radius 1 is 1.10 bits per heavy atom. The molecule has 158 valence electrons. The highest BCUT2D eigenvalue weighted by molar-refractivity contribution is 9.10. The highest BCUT2D eigenvalue weighted by Crippen LogP contribution is 2.48. The molecular formula is C23H25BBrClF2N2. The van der Waals surface area contributed by atoms with E-state index >= 15 is 8.63 Å². The predicted molar refractivity (Wildman–Crippen MR) is 126 cm³/mol. The average Bonchev–Trinajstić information content (AvgIpc) is 3.10. The smallest absolute Gasteiger partial charge is 0.393 e. The number of rotatable bonds is 3. The highest BCUT2D eigenvalue weighted by atomic mass is 79.9. The molecule has 0 N–H and O–H groups in total. The van der Waals surface area contributed by atoms with E-state index in [-0.39, 0.29) is 0 Å². The molecule has 2 aliphatic heterocycles. The fourth-order valence-corrected chi connectivity index (χ4v) is 6.02. The fourth-order valence-electron chi connectivity index (χ4n) is 5.43. The van der Waals surface area contributed by atoms with Crippen molar-refractivity contribution in [1.29, 1.82) is 0 Å². The molecule has 3 heterocycles. The van der Waals surface area contributed by atoms with Crippen LogP contribution in [0.15, 0.2) is 39.5 Å². The van der Waals surface area contributed by atoms with Gasteiger partial charge in [0.2, 0.25) is 0 Å². The lowest BCUT2D eigenvalue weighted by Gasteiger charge is -2.34. The molecule has 2 aromatic rings. The minimum atomic E-state index is -4.02. The molecule has 4 rings (SSSR count). The number of aromatic nitrogens is 1. The number of benzene rings is 1. The van der Waals surface area contributed by atoms with Gasteiger partial charge in [0.1, 0.15) is 5.71 Å². The van der Waals surface area contributed by atoms with E-state index in [9.17, 15) is 0 Å². The van der Waals surface area contributed by atoms with Crippen LogP contribution in [0.2, 0.25) is 5.02 Å². The van der Waals surface area contributed by atoms with Crippen molar-refractivity contribution in [2.75, 3.05) is 0 Å². The second-order valence-electron chi connectivity index (χ2n) is 8.09. The van der Waals surface area contributed by atoms with Crippen LogP contribution in [0.4, 0.5) is 8.63 Å². The molecule has 0 spiro atoms. The third-order valence-electron chi connectivity index (χ3n) is 6.72. The van der Waals surface area contributed by atoms with Crippen LogP contribution in [0.25, 0.3) is 5.57 Å². The van der Waals surface area contributed by atoms with Crippen molar-refractivity contribution in [3.05, 3.63) is 72.6 Å². The Bertz CT molecular complexity index is 1200. The van der Waals surface area contributed by atoms with E-state index in [1.165, 1.54) is 8.96 Å². The number of hydrogen-bond acceptors (Lipinski definition) is 0. The molecule has 0 radical (unpaired) electrons. The molecule has 0 aliphatic carbocycles. The van der Waals surface area contributed by atoms with E-state index in [0.717, 1.165) is 37.9 Å². The second-order valence-corrected chi connectivity index (χ2v) is 9.32. The van der Waals surface area contributed by atoms with Gasteiger partial charge in [-0.2, -0.15) is 0 Å². The Hall–Kier alpha value is -1.66. The molecule has 2 nitrogen and oxygen atoms in total. The fraction of sp³-hybridized carbons (Fsp3) is 0.348. The number of allylic oxidation sites excluding steroid dienone is 2.